The minimum absolute atomic E-state index is 0.188. The molecule has 20 heavy (non-hydrogen) atoms. The molecule has 1 heterocycles. The quantitative estimate of drug-likeness (QED) is 0.677. The number of fused-ring (bicyclic) bond motifs is 1. The number of rotatable bonds is 3. The summed E-state index contributed by atoms with van der Waals surface area (Å²) in [5, 5.41) is 0.767. The molecule has 2 aromatic carbocycles. The van der Waals surface area contributed by atoms with Crippen molar-refractivity contribution in [1.82, 2.24) is 0 Å². The lowest BCUT2D eigenvalue weighted by atomic mass is 10.1. The van der Waals surface area contributed by atoms with E-state index >= 15 is 0 Å². The van der Waals surface area contributed by atoms with E-state index < -0.39 is 0 Å². The van der Waals surface area contributed by atoms with Crippen LogP contribution in [0.5, 0.6) is 5.75 Å². The Labute approximate surface area is 128 Å². The number of ether oxygens (including phenoxy) is 1. The molecule has 1 unspecified atom stereocenters. The van der Waals surface area contributed by atoms with Crippen LogP contribution in [0.4, 0.5) is 5.69 Å². The molecule has 0 aliphatic carbocycles. The summed E-state index contributed by atoms with van der Waals surface area (Å²) in [4.78, 5) is 1.13. The Morgan fingerprint density at radius 2 is 2.15 bits per heavy atom. The molecule has 1 aliphatic rings. The third kappa shape index (κ3) is 2.89. The van der Waals surface area contributed by atoms with Crippen LogP contribution in [-0.4, -0.2) is 11.9 Å². The molecule has 0 saturated carbocycles. The highest BCUT2D eigenvalue weighted by molar-refractivity contribution is 7.99. The van der Waals surface area contributed by atoms with Gasteiger partial charge in [0, 0.05) is 27.8 Å². The first-order valence-electron chi connectivity index (χ1n) is 6.56. The zero-order valence-corrected chi connectivity index (χ0v) is 12.8. The zero-order valence-electron chi connectivity index (χ0n) is 11.2. The molecule has 2 aromatic rings. The Bertz CT molecular complexity index is 644. The maximum atomic E-state index is 6.00. The highest BCUT2D eigenvalue weighted by atomic mass is 35.5. The number of nitrogens with two attached hydrogens (primary N) is 1. The fraction of sp³-hybridized carbons (Fsp3) is 0.250. The molecule has 0 saturated heterocycles. The number of benzene rings is 2. The lowest BCUT2D eigenvalue weighted by Gasteiger charge is -2.11. The summed E-state index contributed by atoms with van der Waals surface area (Å²) < 4.78 is 5.93. The SMILES string of the molecule is Cc1ccc(N)c(SCC2Cc3cc(Cl)ccc3O2)c1. The van der Waals surface area contributed by atoms with Crippen LogP contribution in [-0.2, 0) is 6.42 Å². The van der Waals surface area contributed by atoms with E-state index in [1.54, 1.807) is 11.8 Å². The standard InChI is InChI=1S/C16H16ClNOS/c1-10-2-4-14(18)16(6-10)20-9-13-8-11-7-12(17)3-5-15(11)19-13/h2-7,13H,8-9,18H2,1H3. The minimum Gasteiger partial charge on any atom is -0.489 e. The second-order valence-corrected chi connectivity index (χ2v) is 6.55. The molecule has 0 amide bonds. The van der Waals surface area contributed by atoms with Crippen LogP contribution in [0.2, 0.25) is 5.02 Å². The second kappa shape index (κ2) is 5.58. The van der Waals surface area contributed by atoms with Crippen molar-refractivity contribution in [3.05, 3.63) is 52.5 Å². The normalized spacial score (nSPS) is 16.8. The van der Waals surface area contributed by atoms with Crippen LogP contribution in [0, 0.1) is 6.92 Å². The Morgan fingerprint density at radius 1 is 1.30 bits per heavy atom. The van der Waals surface area contributed by atoms with Crippen LogP contribution >= 0.6 is 23.4 Å². The molecule has 2 N–H and O–H groups in total. The van der Waals surface area contributed by atoms with Gasteiger partial charge in [-0.15, -0.1) is 11.8 Å². The molecule has 3 rings (SSSR count). The molecule has 0 radical (unpaired) electrons. The molecule has 0 aromatic heterocycles. The summed E-state index contributed by atoms with van der Waals surface area (Å²) in [6, 6.07) is 11.9. The van der Waals surface area contributed by atoms with Crippen LogP contribution in [0.3, 0.4) is 0 Å². The van der Waals surface area contributed by atoms with E-state index in [0.29, 0.717) is 0 Å². The third-order valence-electron chi connectivity index (χ3n) is 3.36. The predicted molar refractivity (Wildman–Crippen MR) is 85.9 cm³/mol. The van der Waals surface area contributed by atoms with Gasteiger partial charge in [0.05, 0.1) is 0 Å². The van der Waals surface area contributed by atoms with E-state index in [9.17, 15) is 0 Å². The molecular formula is C16H16ClNOS. The molecule has 1 aliphatic heterocycles. The summed E-state index contributed by atoms with van der Waals surface area (Å²) >= 11 is 7.76. The molecule has 0 bridgehead atoms. The summed E-state index contributed by atoms with van der Waals surface area (Å²) in [5.41, 5.74) is 9.25. The highest BCUT2D eigenvalue weighted by Gasteiger charge is 2.23. The lowest BCUT2D eigenvalue weighted by Crippen LogP contribution is -2.15. The number of aryl methyl sites for hydroxylation is 1. The molecule has 4 heteroatoms. The summed E-state index contributed by atoms with van der Waals surface area (Å²) in [6.45, 7) is 2.08. The smallest absolute Gasteiger partial charge is 0.123 e. The van der Waals surface area contributed by atoms with E-state index in [4.69, 9.17) is 22.1 Å². The van der Waals surface area contributed by atoms with Crippen molar-refractivity contribution in [2.75, 3.05) is 11.5 Å². The van der Waals surface area contributed by atoms with Crippen LogP contribution in [0.25, 0.3) is 0 Å². The third-order valence-corrected chi connectivity index (χ3v) is 4.80. The Morgan fingerprint density at radius 3 is 3.00 bits per heavy atom. The van der Waals surface area contributed by atoms with Crippen molar-refractivity contribution >= 4 is 29.1 Å². The molecule has 2 nitrogen and oxygen atoms in total. The average Bonchev–Trinajstić information content (AvgIpc) is 2.81. The topological polar surface area (TPSA) is 35.2 Å². The first-order chi connectivity index (χ1) is 9.61. The predicted octanol–water partition coefficient (Wildman–Crippen LogP) is 4.33. The van der Waals surface area contributed by atoms with E-state index in [-0.39, 0.29) is 6.10 Å². The van der Waals surface area contributed by atoms with Crippen molar-refractivity contribution in [1.29, 1.82) is 0 Å². The Balaban J connectivity index is 1.65. The number of nitrogen functional groups attached to an aromatic ring is 1. The minimum atomic E-state index is 0.188. The molecule has 1 atom stereocenters. The summed E-state index contributed by atoms with van der Waals surface area (Å²) in [6.07, 6.45) is 1.10. The van der Waals surface area contributed by atoms with Gasteiger partial charge in [-0.25, -0.2) is 0 Å². The lowest BCUT2D eigenvalue weighted by molar-refractivity contribution is 0.259. The number of hydrogen-bond acceptors (Lipinski definition) is 3. The van der Waals surface area contributed by atoms with Crippen molar-refractivity contribution in [2.24, 2.45) is 0 Å². The second-order valence-electron chi connectivity index (χ2n) is 5.05. The summed E-state index contributed by atoms with van der Waals surface area (Å²) in [7, 11) is 0. The number of thioether (sulfide) groups is 1. The van der Waals surface area contributed by atoms with E-state index in [0.717, 1.165) is 33.5 Å². The van der Waals surface area contributed by atoms with E-state index in [2.05, 4.69) is 13.0 Å². The fourth-order valence-corrected chi connectivity index (χ4v) is 3.58. The molecule has 104 valence electrons. The first-order valence-corrected chi connectivity index (χ1v) is 7.92. The van der Waals surface area contributed by atoms with Crippen LogP contribution in [0.15, 0.2) is 41.3 Å². The van der Waals surface area contributed by atoms with Gasteiger partial charge in [-0.05, 0) is 48.4 Å². The Hall–Kier alpha value is -1.32. The first kappa shape index (κ1) is 13.7. The van der Waals surface area contributed by atoms with Crippen molar-refractivity contribution in [3.8, 4) is 5.75 Å². The van der Waals surface area contributed by atoms with Crippen molar-refractivity contribution in [2.45, 2.75) is 24.3 Å². The highest BCUT2D eigenvalue weighted by Crippen LogP contribution is 2.34. The van der Waals surface area contributed by atoms with Gasteiger partial charge >= 0.3 is 0 Å². The zero-order chi connectivity index (χ0) is 14.1. The average molecular weight is 306 g/mol. The fourth-order valence-electron chi connectivity index (χ4n) is 2.33. The van der Waals surface area contributed by atoms with Gasteiger partial charge in [0.15, 0.2) is 0 Å². The maximum Gasteiger partial charge on any atom is 0.123 e. The monoisotopic (exact) mass is 305 g/mol. The molecule has 0 fully saturated rings. The van der Waals surface area contributed by atoms with Gasteiger partial charge in [-0.2, -0.15) is 0 Å². The van der Waals surface area contributed by atoms with Gasteiger partial charge in [0.25, 0.3) is 0 Å². The van der Waals surface area contributed by atoms with Gasteiger partial charge in [-0.3, -0.25) is 0 Å². The number of hydrogen-bond donors (Lipinski definition) is 1. The van der Waals surface area contributed by atoms with Crippen molar-refractivity contribution < 1.29 is 4.74 Å². The van der Waals surface area contributed by atoms with Crippen LogP contribution < -0.4 is 10.5 Å². The van der Waals surface area contributed by atoms with Gasteiger partial charge in [0.1, 0.15) is 11.9 Å². The van der Waals surface area contributed by atoms with E-state index in [1.165, 1.54) is 11.1 Å². The van der Waals surface area contributed by atoms with Gasteiger partial charge in [-0.1, -0.05) is 17.7 Å². The molecular weight excluding hydrogens is 290 g/mol. The largest absolute Gasteiger partial charge is 0.489 e. The number of halogens is 1. The summed E-state index contributed by atoms with van der Waals surface area (Å²) in [5.74, 6) is 1.84. The number of anilines is 1. The molecule has 0 spiro atoms. The van der Waals surface area contributed by atoms with Gasteiger partial charge < -0.3 is 10.5 Å². The van der Waals surface area contributed by atoms with Crippen molar-refractivity contribution in [3.63, 3.8) is 0 Å². The van der Waals surface area contributed by atoms with E-state index in [1.807, 2.05) is 30.3 Å². The Kier molecular flexibility index (Phi) is 3.81. The van der Waals surface area contributed by atoms with Gasteiger partial charge in [0.2, 0.25) is 0 Å². The maximum absolute atomic E-state index is 6.00. The van der Waals surface area contributed by atoms with Crippen LogP contribution in [0.1, 0.15) is 11.1 Å².